The topological polar surface area (TPSA) is 52.7 Å². The average Bonchev–Trinajstić information content (AvgIpc) is 2.09. The Labute approximate surface area is 80.3 Å². The lowest BCUT2D eigenvalue weighted by atomic mass is 10.0. The molecule has 1 aliphatic rings. The van der Waals surface area contributed by atoms with Gasteiger partial charge in [0.2, 0.25) is 0 Å². The van der Waals surface area contributed by atoms with E-state index in [0.29, 0.717) is 0 Å². The number of piperazine rings is 1. The van der Waals surface area contributed by atoms with Crippen molar-refractivity contribution >= 4 is 0 Å². The highest BCUT2D eigenvalue weighted by atomic mass is 16.3. The van der Waals surface area contributed by atoms with E-state index in [2.05, 4.69) is 16.8 Å². The SMILES string of the molecule is CN1CCN(CC(C)(N)CO)CC1. The first kappa shape index (κ1) is 10.9. The largest absolute Gasteiger partial charge is 0.394 e. The van der Waals surface area contributed by atoms with Gasteiger partial charge in [-0.1, -0.05) is 0 Å². The zero-order valence-electron chi connectivity index (χ0n) is 8.66. The van der Waals surface area contributed by atoms with Crippen LogP contribution in [-0.4, -0.2) is 66.8 Å². The predicted octanol–water partition coefficient (Wildman–Crippen LogP) is -1.06. The fraction of sp³-hybridized carbons (Fsp3) is 1.00. The molecule has 0 aliphatic carbocycles. The average molecular weight is 187 g/mol. The van der Waals surface area contributed by atoms with Crippen LogP contribution in [0, 0.1) is 0 Å². The smallest absolute Gasteiger partial charge is 0.0621 e. The third kappa shape index (κ3) is 3.60. The molecular weight excluding hydrogens is 166 g/mol. The molecule has 1 unspecified atom stereocenters. The molecule has 0 saturated carbocycles. The Morgan fingerprint density at radius 1 is 1.31 bits per heavy atom. The Balaban J connectivity index is 2.30. The van der Waals surface area contributed by atoms with Gasteiger partial charge < -0.3 is 15.7 Å². The van der Waals surface area contributed by atoms with Crippen molar-refractivity contribution < 1.29 is 5.11 Å². The Morgan fingerprint density at radius 3 is 2.31 bits per heavy atom. The lowest BCUT2D eigenvalue weighted by Gasteiger charge is -2.36. The number of rotatable bonds is 3. The van der Waals surface area contributed by atoms with Crippen LogP contribution in [0.2, 0.25) is 0 Å². The van der Waals surface area contributed by atoms with Crippen LogP contribution in [-0.2, 0) is 0 Å². The van der Waals surface area contributed by atoms with Gasteiger partial charge in [0.15, 0.2) is 0 Å². The van der Waals surface area contributed by atoms with Crippen molar-refractivity contribution in [3.63, 3.8) is 0 Å². The zero-order valence-corrected chi connectivity index (χ0v) is 8.66. The summed E-state index contributed by atoms with van der Waals surface area (Å²) in [4.78, 5) is 4.62. The van der Waals surface area contributed by atoms with E-state index in [1.54, 1.807) is 0 Å². The molecule has 1 aliphatic heterocycles. The highest BCUT2D eigenvalue weighted by molar-refractivity contribution is 4.83. The van der Waals surface area contributed by atoms with E-state index in [9.17, 15) is 0 Å². The molecule has 1 fully saturated rings. The lowest BCUT2D eigenvalue weighted by Crippen LogP contribution is -2.55. The van der Waals surface area contributed by atoms with Crippen molar-refractivity contribution in [1.82, 2.24) is 9.80 Å². The van der Waals surface area contributed by atoms with Crippen molar-refractivity contribution in [3.05, 3.63) is 0 Å². The summed E-state index contributed by atoms with van der Waals surface area (Å²) in [7, 11) is 2.13. The van der Waals surface area contributed by atoms with Gasteiger partial charge in [0, 0.05) is 38.3 Å². The molecular formula is C9H21N3O. The number of nitrogens with zero attached hydrogens (tertiary/aromatic N) is 2. The molecule has 1 saturated heterocycles. The Hall–Kier alpha value is -0.160. The monoisotopic (exact) mass is 187 g/mol. The van der Waals surface area contributed by atoms with E-state index in [1.807, 2.05) is 6.92 Å². The van der Waals surface area contributed by atoms with Crippen LogP contribution in [0.4, 0.5) is 0 Å². The molecule has 0 radical (unpaired) electrons. The number of hydrogen-bond donors (Lipinski definition) is 2. The van der Waals surface area contributed by atoms with Crippen molar-refractivity contribution in [2.75, 3.05) is 46.4 Å². The van der Waals surface area contributed by atoms with E-state index in [-0.39, 0.29) is 6.61 Å². The van der Waals surface area contributed by atoms with Gasteiger partial charge in [-0.25, -0.2) is 0 Å². The molecule has 0 aromatic carbocycles. The molecule has 3 N–H and O–H groups in total. The van der Waals surface area contributed by atoms with E-state index < -0.39 is 5.54 Å². The summed E-state index contributed by atoms with van der Waals surface area (Å²) in [5.74, 6) is 0. The second-order valence-electron chi connectivity index (χ2n) is 4.39. The van der Waals surface area contributed by atoms with Crippen molar-refractivity contribution in [3.8, 4) is 0 Å². The molecule has 0 aromatic heterocycles. The highest BCUT2D eigenvalue weighted by Crippen LogP contribution is 2.05. The Morgan fingerprint density at radius 2 is 1.85 bits per heavy atom. The first-order valence-corrected chi connectivity index (χ1v) is 4.84. The molecule has 78 valence electrons. The maximum atomic E-state index is 9.01. The van der Waals surface area contributed by atoms with Crippen molar-refractivity contribution in [2.24, 2.45) is 5.73 Å². The predicted molar refractivity (Wildman–Crippen MR) is 53.6 cm³/mol. The summed E-state index contributed by atoms with van der Waals surface area (Å²) < 4.78 is 0. The van der Waals surface area contributed by atoms with Crippen LogP contribution in [0.3, 0.4) is 0 Å². The second-order valence-corrected chi connectivity index (χ2v) is 4.39. The van der Waals surface area contributed by atoms with Crippen LogP contribution in [0.1, 0.15) is 6.92 Å². The molecule has 1 rings (SSSR count). The van der Waals surface area contributed by atoms with Crippen LogP contribution < -0.4 is 5.73 Å². The van der Waals surface area contributed by atoms with Crippen LogP contribution in [0.25, 0.3) is 0 Å². The standard InChI is InChI=1S/C9H21N3O/c1-9(10,8-13)7-12-5-3-11(2)4-6-12/h13H,3-8,10H2,1-2H3. The molecule has 4 nitrogen and oxygen atoms in total. The fourth-order valence-electron chi connectivity index (χ4n) is 1.57. The van der Waals surface area contributed by atoms with E-state index >= 15 is 0 Å². The number of nitrogens with two attached hydrogens (primary N) is 1. The van der Waals surface area contributed by atoms with E-state index in [4.69, 9.17) is 10.8 Å². The van der Waals surface area contributed by atoms with Crippen molar-refractivity contribution in [1.29, 1.82) is 0 Å². The summed E-state index contributed by atoms with van der Waals surface area (Å²) in [5, 5.41) is 9.01. The minimum atomic E-state index is -0.449. The third-order valence-corrected chi connectivity index (χ3v) is 2.54. The molecule has 0 amide bonds. The molecule has 1 atom stereocenters. The minimum Gasteiger partial charge on any atom is -0.394 e. The first-order valence-electron chi connectivity index (χ1n) is 4.84. The molecule has 0 bridgehead atoms. The van der Waals surface area contributed by atoms with Gasteiger partial charge in [0.05, 0.1) is 6.61 Å². The quantitative estimate of drug-likeness (QED) is 0.591. The van der Waals surface area contributed by atoms with E-state index in [1.165, 1.54) is 0 Å². The molecule has 0 aromatic rings. The number of aliphatic hydroxyl groups is 1. The van der Waals surface area contributed by atoms with Crippen molar-refractivity contribution in [2.45, 2.75) is 12.5 Å². The fourth-order valence-corrected chi connectivity index (χ4v) is 1.57. The lowest BCUT2D eigenvalue weighted by molar-refractivity contribution is 0.105. The summed E-state index contributed by atoms with van der Waals surface area (Å²) in [6.07, 6.45) is 0. The highest BCUT2D eigenvalue weighted by Gasteiger charge is 2.23. The zero-order chi connectivity index (χ0) is 9.90. The normalized spacial score (nSPS) is 25.8. The van der Waals surface area contributed by atoms with Gasteiger partial charge in [-0.05, 0) is 14.0 Å². The molecule has 13 heavy (non-hydrogen) atoms. The first-order chi connectivity index (χ1) is 6.03. The number of aliphatic hydroxyl groups excluding tert-OH is 1. The molecule has 1 heterocycles. The number of likely N-dealkylation sites (N-methyl/N-ethyl adjacent to an activating group) is 1. The summed E-state index contributed by atoms with van der Waals surface area (Å²) >= 11 is 0. The maximum Gasteiger partial charge on any atom is 0.0621 e. The van der Waals surface area contributed by atoms with Gasteiger partial charge in [0.1, 0.15) is 0 Å². The minimum absolute atomic E-state index is 0.0549. The van der Waals surface area contributed by atoms with Crippen LogP contribution in [0.5, 0.6) is 0 Å². The van der Waals surface area contributed by atoms with Gasteiger partial charge >= 0.3 is 0 Å². The Kier molecular flexibility index (Phi) is 3.67. The van der Waals surface area contributed by atoms with Crippen LogP contribution in [0.15, 0.2) is 0 Å². The van der Waals surface area contributed by atoms with Gasteiger partial charge in [-0.3, -0.25) is 4.90 Å². The van der Waals surface area contributed by atoms with Crippen LogP contribution >= 0.6 is 0 Å². The molecule has 0 spiro atoms. The summed E-state index contributed by atoms with van der Waals surface area (Å²) in [5.41, 5.74) is 5.43. The summed E-state index contributed by atoms with van der Waals surface area (Å²) in [6.45, 7) is 7.05. The summed E-state index contributed by atoms with van der Waals surface area (Å²) in [6, 6.07) is 0. The van der Waals surface area contributed by atoms with Gasteiger partial charge in [-0.2, -0.15) is 0 Å². The van der Waals surface area contributed by atoms with Gasteiger partial charge in [-0.15, -0.1) is 0 Å². The second kappa shape index (κ2) is 4.37. The Bertz CT molecular complexity index is 153. The molecule has 4 heteroatoms. The number of hydrogen-bond acceptors (Lipinski definition) is 4. The van der Waals surface area contributed by atoms with Gasteiger partial charge in [0.25, 0.3) is 0 Å². The third-order valence-electron chi connectivity index (χ3n) is 2.54. The van der Waals surface area contributed by atoms with E-state index in [0.717, 1.165) is 32.7 Å². The maximum absolute atomic E-state index is 9.01.